The highest BCUT2D eigenvalue weighted by Gasteiger charge is 2.52. The van der Waals surface area contributed by atoms with Gasteiger partial charge in [0.05, 0.1) is 23.0 Å². The summed E-state index contributed by atoms with van der Waals surface area (Å²) in [5, 5.41) is 4.91. The van der Waals surface area contributed by atoms with Crippen LogP contribution in [0.1, 0.15) is 33.3 Å². The predicted octanol–water partition coefficient (Wildman–Crippen LogP) is 1.99. The van der Waals surface area contributed by atoms with Crippen LogP contribution in [-0.2, 0) is 9.31 Å². The Balaban J connectivity index is 2.04. The molecule has 2 aromatic heterocycles. The average Bonchev–Trinajstić information content (AvgIpc) is 2.77. The van der Waals surface area contributed by atoms with Crippen LogP contribution in [0.3, 0.4) is 0 Å². The first-order valence-electron chi connectivity index (χ1n) is 6.58. The molecule has 1 aliphatic rings. The lowest BCUT2D eigenvalue weighted by Crippen LogP contribution is -2.41. The molecule has 0 atom stereocenters. The number of hydrogen-bond acceptors (Lipinski definition) is 4. The third-order valence-corrected chi connectivity index (χ3v) is 4.28. The Labute approximate surface area is 123 Å². The van der Waals surface area contributed by atoms with Gasteiger partial charge in [-0.1, -0.05) is 11.6 Å². The second-order valence-electron chi connectivity index (χ2n) is 6.17. The minimum absolute atomic E-state index is 0.380. The van der Waals surface area contributed by atoms with E-state index in [1.54, 1.807) is 10.7 Å². The Kier molecular flexibility index (Phi) is 2.91. The van der Waals surface area contributed by atoms with Gasteiger partial charge in [0.15, 0.2) is 5.65 Å². The Morgan fingerprint density at radius 1 is 1.20 bits per heavy atom. The third kappa shape index (κ3) is 2.03. The lowest BCUT2D eigenvalue weighted by atomic mass is 9.84. The highest BCUT2D eigenvalue weighted by atomic mass is 35.5. The van der Waals surface area contributed by atoms with Gasteiger partial charge in [-0.15, -0.1) is 0 Å². The fourth-order valence-electron chi connectivity index (χ4n) is 2.21. The largest absolute Gasteiger partial charge is 0.516 e. The summed E-state index contributed by atoms with van der Waals surface area (Å²) in [5.41, 5.74) is 1.69. The Morgan fingerprint density at radius 3 is 2.40 bits per heavy atom. The quantitative estimate of drug-likeness (QED) is 0.755. The Morgan fingerprint density at radius 2 is 1.80 bits per heavy atom. The maximum absolute atomic E-state index is 6.01. The summed E-state index contributed by atoms with van der Waals surface area (Å²) in [7, 11) is -0.482. The molecule has 0 aromatic carbocycles. The molecule has 0 N–H and O–H groups in total. The van der Waals surface area contributed by atoms with E-state index >= 15 is 0 Å². The molecule has 5 nitrogen and oxygen atoms in total. The average molecular weight is 294 g/mol. The topological polar surface area (TPSA) is 48.7 Å². The summed E-state index contributed by atoms with van der Waals surface area (Å²) in [4.78, 5) is 4.22. The van der Waals surface area contributed by atoms with Crippen LogP contribution in [-0.4, -0.2) is 32.9 Å². The van der Waals surface area contributed by atoms with Crippen LogP contribution in [0.15, 0.2) is 12.3 Å². The van der Waals surface area contributed by atoms with Gasteiger partial charge in [0, 0.05) is 0 Å². The van der Waals surface area contributed by atoms with Gasteiger partial charge in [-0.05, 0) is 46.2 Å². The van der Waals surface area contributed by atoms with Crippen LogP contribution >= 0.6 is 11.6 Å². The van der Waals surface area contributed by atoms with Gasteiger partial charge >= 0.3 is 7.12 Å². The lowest BCUT2D eigenvalue weighted by molar-refractivity contribution is 0.00578. The molecule has 0 aliphatic carbocycles. The van der Waals surface area contributed by atoms with Crippen molar-refractivity contribution in [2.24, 2.45) is 0 Å². The molecule has 0 saturated carbocycles. The summed E-state index contributed by atoms with van der Waals surface area (Å²) in [5.74, 6) is 0. The van der Waals surface area contributed by atoms with Gasteiger partial charge in [-0.25, -0.2) is 9.50 Å². The minimum Gasteiger partial charge on any atom is -0.398 e. The van der Waals surface area contributed by atoms with Crippen LogP contribution < -0.4 is 5.59 Å². The van der Waals surface area contributed by atoms with E-state index < -0.39 is 7.12 Å². The Hall–Kier alpha value is -1.11. The monoisotopic (exact) mass is 293 g/mol. The fraction of sp³-hybridized carbons (Fsp3) is 0.538. The van der Waals surface area contributed by atoms with Crippen molar-refractivity contribution >= 4 is 30.0 Å². The smallest absolute Gasteiger partial charge is 0.398 e. The van der Waals surface area contributed by atoms with Crippen molar-refractivity contribution in [3.05, 3.63) is 23.0 Å². The number of aryl methyl sites for hydroxylation is 1. The highest BCUT2D eigenvalue weighted by Crippen LogP contribution is 2.36. The van der Waals surface area contributed by atoms with E-state index in [4.69, 9.17) is 20.9 Å². The molecule has 1 aliphatic heterocycles. The van der Waals surface area contributed by atoms with Crippen LogP contribution in [0.2, 0.25) is 5.15 Å². The second-order valence-corrected chi connectivity index (χ2v) is 6.56. The van der Waals surface area contributed by atoms with Crippen molar-refractivity contribution in [2.75, 3.05) is 0 Å². The van der Waals surface area contributed by atoms with Crippen molar-refractivity contribution in [3.63, 3.8) is 0 Å². The number of imidazole rings is 1. The molecule has 7 heteroatoms. The zero-order valence-electron chi connectivity index (χ0n) is 12.3. The zero-order chi connectivity index (χ0) is 14.7. The summed E-state index contributed by atoms with van der Waals surface area (Å²) in [6.07, 6.45) is 1.68. The molecule has 0 bridgehead atoms. The van der Waals surface area contributed by atoms with E-state index in [-0.39, 0.29) is 11.2 Å². The number of hydrogen-bond donors (Lipinski definition) is 0. The van der Waals surface area contributed by atoms with Crippen molar-refractivity contribution in [3.8, 4) is 0 Å². The molecule has 1 fully saturated rings. The van der Waals surface area contributed by atoms with Crippen LogP contribution in [0.5, 0.6) is 0 Å². The first-order chi connectivity index (χ1) is 9.19. The van der Waals surface area contributed by atoms with E-state index in [9.17, 15) is 0 Å². The van der Waals surface area contributed by atoms with E-state index in [0.29, 0.717) is 5.15 Å². The van der Waals surface area contributed by atoms with Gasteiger partial charge in [-0.2, -0.15) is 5.10 Å². The van der Waals surface area contributed by atoms with Crippen LogP contribution in [0.25, 0.3) is 5.65 Å². The molecular weight excluding hydrogens is 276 g/mol. The van der Waals surface area contributed by atoms with Crippen LogP contribution in [0, 0.1) is 6.92 Å². The molecule has 1 saturated heterocycles. The van der Waals surface area contributed by atoms with Gasteiger partial charge in [0.25, 0.3) is 0 Å². The standard InChI is InChI=1S/C13H17BClN3O2/c1-8-6-9(17-18-7-10(15)16-11(8)18)14-19-12(2,3)13(4,5)20-14/h6-7H,1-5H3. The number of aromatic nitrogens is 3. The van der Waals surface area contributed by atoms with E-state index in [0.717, 1.165) is 16.8 Å². The SMILES string of the molecule is Cc1cc(B2OC(C)(C)C(C)(C)O2)nn2cc(Cl)nc12. The number of halogens is 1. The first-order valence-corrected chi connectivity index (χ1v) is 6.95. The molecule has 20 heavy (non-hydrogen) atoms. The van der Waals surface area contributed by atoms with E-state index in [2.05, 4.69) is 10.1 Å². The highest BCUT2D eigenvalue weighted by molar-refractivity contribution is 6.61. The molecule has 3 heterocycles. The predicted molar refractivity (Wildman–Crippen MR) is 78.5 cm³/mol. The number of fused-ring (bicyclic) bond motifs is 1. The zero-order valence-corrected chi connectivity index (χ0v) is 13.0. The summed E-state index contributed by atoms with van der Waals surface area (Å²) in [6, 6.07) is 1.93. The number of rotatable bonds is 1. The van der Waals surface area contributed by atoms with E-state index in [1.807, 2.05) is 40.7 Å². The van der Waals surface area contributed by atoms with Crippen LogP contribution in [0.4, 0.5) is 0 Å². The third-order valence-electron chi connectivity index (χ3n) is 4.09. The first kappa shape index (κ1) is 13.9. The van der Waals surface area contributed by atoms with Crippen molar-refractivity contribution in [1.82, 2.24) is 14.6 Å². The lowest BCUT2D eigenvalue weighted by Gasteiger charge is -2.32. The molecule has 3 rings (SSSR count). The van der Waals surface area contributed by atoms with Gasteiger partial charge < -0.3 is 9.31 Å². The second kappa shape index (κ2) is 4.19. The van der Waals surface area contributed by atoms with Crippen molar-refractivity contribution < 1.29 is 9.31 Å². The molecular formula is C13H17BClN3O2. The van der Waals surface area contributed by atoms with Crippen molar-refractivity contribution in [2.45, 2.75) is 45.8 Å². The maximum Gasteiger partial charge on any atom is 0.516 e. The summed E-state index contributed by atoms with van der Waals surface area (Å²) < 4.78 is 13.7. The molecule has 0 radical (unpaired) electrons. The van der Waals surface area contributed by atoms with Gasteiger partial charge in [-0.3, -0.25) is 0 Å². The van der Waals surface area contributed by atoms with E-state index in [1.165, 1.54) is 0 Å². The normalized spacial score (nSPS) is 20.8. The Bertz CT molecular complexity index is 668. The fourth-order valence-corrected chi connectivity index (χ4v) is 2.38. The molecule has 0 unspecified atom stereocenters. The van der Waals surface area contributed by atoms with Gasteiger partial charge in [0.2, 0.25) is 0 Å². The summed E-state index contributed by atoms with van der Waals surface area (Å²) in [6.45, 7) is 10.0. The van der Waals surface area contributed by atoms with Crippen molar-refractivity contribution in [1.29, 1.82) is 0 Å². The number of nitrogens with zero attached hydrogens (tertiary/aromatic N) is 3. The molecule has 0 spiro atoms. The molecule has 2 aromatic rings. The van der Waals surface area contributed by atoms with Gasteiger partial charge in [0.1, 0.15) is 5.15 Å². The molecule has 0 amide bonds. The summed E-state index contributed by atoms with van der Waals surface area (Å²) >= 11 is 5.92. The minimum atomic E-state index is -0.482. The maximum atomic E-state index is 6.01. The molecule has 106 valence electrons.